The maximum Gasteiger partial charge on any atom is 0.230 e. The molecule has 1 fully saturated rings. The van der Waals surface area contributed by atoms with Crippen LogP contribution in [0.5, 0.6) is 0 Å². The SMILES string of the molecule is CC(O)CC(C)CNC(=O)C1(c2ccccc2F)CC1. The summed E-state index contributed by atoms with van der Waals surface area (Å²) in [6.45, 7) is 4.23. The molecule has 2 unspecified atom stereocenters. The van der Waals surface area contributed by atoms with Crippen LogP contribution in [0.2, 0.25) is 0 Å². The molecule has 1 saturated carbocycles. The summed E-state index contributed by atoms with van der Waals surface area (Å²) in [5.41, 5.74) is -0.170. The second kappa shape index (κ2) is 5.92. The summed E-state index contributed by atoms with van der Waals surface area (Å²) in [4.78, 5) is 12.3. The fraction of sp³-hybridized carbons (Fsp3) is 0.562. The van der Waals surface area contributed by atoms with Crippen LogP contribution < -0.4 is 5.32 Å². The van der Waals surface area contributed by atoms with Crippen molar-refractivity contribution in [3.05, 3.63) is 35.6 Å². The first-order chi connectivity index (χ1) is 9.45. The Balaban J connectivity index is 1.98. The van der Waals surface area contributed by atoms with Gasteiger partial charge in [0.1, 0.15) is 5.82 Å². The Hall–Kier alpha value is -1.42. The van der Waals surface area contributed by atoms with Crippen molar-refractivity contribution < 1.29 is 14.3 Å². The molecule has 2 atom stereocenters. The molecule has 0 aromatic heterocycles. The van der Waals surface area contributed by atoms with Crippen molar-refractivity contribution in [1.82, 2.24) is 5.32 Å². The molecule has 2 N–H and O–H groups in total. The van der Waals surface area contributed by atoms with E-state index in [1.54, 1.807) is 25.1 Å². The molecule has 1 aromatic rings. The smallest absolute Gasteiger partial charge is 0.230 e. The highest BCUT2D eigenvalue weighted by molar-refractivity contribution is 5.91. The first kappa shape index (κ1) is 15.0. The van der Waals surface area contributed by atoms with Crippen LogP contribution in [-0.2, 0) is 10.2 Å². The lowest BCUT2D eigenvalue weighted by Gasteiger charge is -2.19. The lowest BCUT2D eigenvalue weighted by molar-refractivity contribution is -0.123. The van der Waals surface area contributed by atoms with Gasteiger partial charge in [-0.3, -0.25) is 4.79 Å². The van der Waals surface area contributed by atoms with Gasteiger partial charge < -0.3 is 10.4 Å². The summed E-state index contributed by atoms with van der Waals surface area (Å²) in [5.74, 6) is -0.201. The first-order valence-corrected chi connectivity index (χ1v) is 7.17. The van der Waals surface area contributed by atoms with Crippen molar-refractivity contribution in [2.75, 3.05) is 6.54 Å². The highest BCUT2D eigenvalue weighted by Crippen LogP contribution is 2.49. The third-order valence-corrected chi connectivity index (χ3v) is 3.93. The van der Waals surface area contributed by atoms with Crippen LogP contribution in [0.3, 0.4) is 0 Å². The fourth-order valence-electron chi connectivity index (χ4n) is 2.69. The minimum absolute atomic E-state index is 0.0972. The highest BCUT2D eigenvalue weighted by atomic mass is 19.1. The monoisotopic (exact) mass is 279 g/mol. The molecular weight excluding hydrogens is 257 g/mol. The number of aliphatic hydroxyl groups excluding tert-OH is 1. The summed E-state index contributed by atoms with van der Waals surface area (Å²) in [6.07, 6.45) is 1.67. The Bertz CT molecular complexity index is 483. The van der Waals surface area contributed by atoms with E-state index >= 15 is 0 Å². The second-order valence-corrected chi connectivity index (χ2v) is 5.96. The van der Waals surface area contributed by atoms with Crippen LogP contribution in [0.25, 0.3) is 0 Å². The molecule has 0 radical (unpaired) electrons. The molecule has 20 heavy (non-hydrogen) atoms. The molecule has 110 valence electrons. The third-order valence-electron chi connectivity index (χ3n) is 3.93. The van der Waals surface area contributed by atoms with Crippen LogP contribution in [0.1, 0.15) is 38.7 Å². The zero-order valence-electron chi connectivity index (χ0n) is 12.0. The zero-order chi connectivity index (χ0) is 14.8. The van der Waals surface area contributed by atoms with Crippen molar-refractivity contribution in [1.29, 1.82) is 0 Å². The molecule has 0 heterocycles. The van der Waals surface area contributed by atoms with Crippen molar-refractivity contribution >= 4 is 5.91 Å². The largest absolute Gasteiger partial charge is 0.393 e. The molecule has 4 heteroatoms. The second-order valence-electron chi connectivity index (χ2n) is 5.96. The standard InChI is InChI=1S/C16H22FNO2/c1-11(9-12(2)19)10-18-15(20)16(7-8-16)13-5-3-4-6-14(13)17/h3-6,11-12,19H,7-10H2,1-2H3,(H,18,20). The number of carbonyl (C=O) groups excluding carboxylic acids is 1. The van der Waals surface area contributed by atoms with E-state index in [9.17, 15) is 14.3 Å². The molecule has 1 amide bonds. The Morgan fingerprint density at radius 3 is 2.60 bits per heavy atom. The van der Waals surface area contributed by atoms with Gasteiger partial charge in [0.05, 0.1) is 11.5 Å². The third kappa shape index (κ3) is 3.18. The van der Waals surface area contributed by atoms with Crippen LogP contribution in [0, 0.1) is 11.7 Å². The highest BCUT2D eigenvalue weighted by Gasteiger charge is 2.52. The Morgan fingerprint density at radius 1 is 1.40 bits per heavy atom. The Morgan fingerprint density at radius 2 is 2.05 bits per heavy atom. The molecule has 2 rings (SSSR count). The summed E-state index contributed by atoms with van der Waals surface area (Å²) in [7, 11) is 0. The molecule has 0 bridgehead atoms. The van der Waals surface area contributed by atoms with Crippen LogP contribution in [-0.4, -0.2) is 23.7 Å². The first-order valence-electron chi connectivity index (χ1n) is 7.17. The number of hydrogen-bond acceptors (Lipinski definition) is 2. The number of rotatable bonds is 6. The van der Waals surface area contributed by atoms with Crippen LogP contribution >= 0.6 is 0 Å². The zero-order valence-corrected chi connectivity index (χ0v) is 12.0. The van der Waals surface area contributed by atoms with Crippen LogP contribution in [0.15, 0.2) is 24.3 Å². The van der Waals surface area contributed by atoms with Gasteiger partial charge in [0.25, 0.3) is 0 Å². The van der Waals surface area contributed by atoms with E-state index in [0.717, 1.165) is 0 Å². The lowest BCUT2D eigenvalue weighted by Crippen LogP contribution is -2.38. The maximum atomic E-state index is 13.8. The van der Waals surface area contributed by atoms with E-state index in [4.69, 9.17) is 0 Å². The van der Waals surface area contributed by atoms with Gasteiger partial charge in [-0.1, -0.05) is 25.1 Å². The molecule has 1 aromatic carbocycles. The number of carbonyl (C=O) groups is 1. The van der Waals surface area contributed by atoms with Gasteiger partial charge in [-0.2, -0.15) is 0 Å². The van der Waals surface area contributed by atoms with E-state index in [-0.39, 0.29) is 23.7 Å². The molecule has 1 aliphatic carbocycles. The number of halogens is 1. The van der Waals surface area contributed by atoms with Gasteiger partial charge >= 0.3 is 0 Å². The molecule has 0 spiro atoms. The van der Waals surface area contributed by atoms with Gasteiger partial charge in [0.15, 0.2) is 0 Å². The summed E-state index contributed by atoms with van der Waals surface area (Å²) in [6, 6.07) is 6.50. The Labute approximate surface area is 119 Å². The van der Waals surface area contributed by atoms with Crippen molar-refractivity contribution in [3.63, 3.8) is 0 Å². The number of amides is 1. The predicted molar refractivity (Wildman–Crippen MR) is 75.8 cm³/mol. The molecule has 0 aliphatic heterocycles. The quantitative estimate of drug-likeness (QED) is 0.840. The minimum atomic E-state index is -0.671. The van der Waals surface area contributed by atoms with Crippen molar-refractivity contribution in [3.8, 4) is 0 Å². The van der Waals surface area contributed by atoms with E-state index in [1.165, 1.54) is 6.07 Å². The summed E-state index contributed by atoms with van der Waals surface area (Å²) < 4.78 is 13.8. The van der Waals surface area contributed by atoms with E-state index in [2.05, 4.69) is 5.32 Å². The summed E-state index contributed by atoms with van der Waals surface area (Å²) >= 11 is 0. The van der Waals surface area contributed by atoms with Crippen molar-refractivity contribution in [2.45, 2.75) is 44.6 Å². The maximum absolute atomic E-state index is 13.8. The van der Waals surface area contributed by atoms with Gasteiger partial charge in [0.2, 0.25) is 5.91 Å². The number of hydrogen-bond donors (Lipinski definition) is 2. The number of benzene rings is 1. The lowest BCUT2D eigenvalue weighted by atomic mass is 9.94. The van der Waals surface area contributed by atoms with Gasteiger partial charge in [-0.25, -0.2) is 4.39 Å². The molecule has 1 aliphatic rings. The van der Waals surface area contributed by atoms with E-state index < -0.39 is 5.41 Å². The average Bonchev–Trinajstić information content (AvgIpc) is 3.17. The number of nitrogens with one attached hydrogen (secondary N) is 1. The minimum Gasteiger partial charge on any atom is -0.393 e. The molecule has 0 saturated heterocycles. The summed E-state index contributed by atoms with van der Waals surface area (Å²) in [5, 5.41) is 12.2. The van der Waals surface area contributed by atoms with E-state index in [0.29, 0.717) is 31.4 Å². The normalized spacial score (nSPS) is 19.2. The van der Waals surface area contributed by atoms with Gasteiger partial charge in [-0.15, -0.1) is 0 Å². The fourth-order valence-corrected chi connectivity index (χ4v) is 2.69. The van der Waals surface area contributed by atoms with E-state index in [1.807, 2.05) is 6.92 Å². The number of aliphatic hydroxyl groups is 1. The predicted octanol–water partition coefficient (Wildman–Crippen LogP) is 2.38. The Kier molecular flexibility index (Phi) is 4.43. The van der Waals surface area contributed by atoms with Gasteiger partial charge in [-0.05, 0) is 38.2 Å². The van der Waals surface area contributed by atoms with Gasteiger partial charge in [0, 0.05) is 12.1 Å². The van der Waals surface area contributed by atoms with Crippen molar-refractivity contribution in [2.24, 2.45) is 5.92 Å². The average molecular weight is 279 g/mol. The molecule has 3 nitrogen and oxygen atoms in total. The molecular formula is C16H22FNO2. The van der Waals surface area contributed by atoms with Crippen LogP contribution in [0.4, 0.5) is 4.39 Å². The topological polar surface area (TPSA) is 49.3 Å².